The van der Waals surface area contributed by atoms with Crippen LogP contribution in [0.4, 0.5) is 23.3 Å². The summed E-state index contributed by atoms with van der Waals surface area (Å²) in [5.74, 6) is 3.35. The fraction of sp³-hybridized carbons (Fsp3) is 0.480. The van der Waals surface area contributed by atoms with Crippen LogP contribution >= 0.6 is 0 Å². The molecule has 0 spiro atoms. The smallest absolute Gasteiger partial charge is 0.229 e. The Labute approximate surface area is 196 Å². The largest absolute Gasteiger partial charge is 0.489 e. The zero-order valence-corrected chi connectivity index (χ0v) is 20.5. The molecule has 3 aromatic rings. The van der Waals surface area contributed by atoms with Crippen LogP contribution in [-0.2, 0) is 0 Å². The van der Waals surface area contributed by atoms with Crippen molar-refractivity contribution in [2.24, 2.45) is 0 Å². The van der Waals surface area contributed by atoms with E-state index in [9.17, 15) is 0 Å². The zero-order valence-electron chi connectivity index (χ0n) is 20.5. The first-order chi connectivity index (χ1) is 15.8. The number of aromatic nitrogens is 4. The van der Waals surface area contributed by atoms with E-state index in [0.717, 1.165) is 41.6 Å². The highest BCUT2D eigenvalue weighted by Crippen LogP contribution is 2.37. The molecule has 1 aliphatic rings. The van der Waals surface area contributed by atoms with Crippen LogP contribution in [-0.4, -0.2) is 51.3 Å². The second-order valence-corrected chi connectivity index (χ2v) is 9.36. The lowest BCUT2D eigenvalue weighted by Gasteiger charge is -2.30. The van der Waals surface area contributed by atoms with Gasteiger partial charge in [-0.25, -0.2) is 4.98 Å². The van der Waals surface area contributed by atoms with Gasteiger partial charge >= 0.3 is 0 Å². The predicted octanol–water partition coefficient (Wildman–Crippen LogP) is 5.21. The number of piperidine rings is 1. The molecule has 3 heterocycles. The number of aromatic amines is 1. The third-order valence-electron chi connectivity index (χ3n) is 6.06. The van der Waals surface area contributed by atoms with Crippen molar-refractivity contribution in [2.45, 2.75) is 59.5 Å². The van der Waals surface area contributed by atoms with Gasteiger partial charge in [-0.05, 0) is 96.8 Å². The highest BCUT2D eigenvalue weighted by atomic mass is 16.5. The van der Waals surface area contributed by atoms with E-state index in [2.05, 4.69) is 70.7 Å². The Bertz CT molecular complexity index is 1100. The molecule has 4 rings (SSSR count). The fourth-order valence-electron chi connectivity index (χ4n) is 4.26. The van der Waals surface area contributed by atoms with Gasteiger partial charge in [0.25, 0.3) is 0 Å². The van der Waals surface area contributed by atoms with Crippen LogP contribution in [0, 0.1) is 20.8 Å². The molecule has 1 fully saturated rings. The molecule has 0 amide bonds. The predicted molar refractivity (Wildman–Crippen MR) is 133 cm³/mol. The van der Waals surface area contributed by atoms with E-state index in [-0.39, 0.29) is 6.10 Å². The number of benzene rings is 1. The molecule has 0 bridgehead atoms. The molecule has 2 aromatic heterocycles. The van der Waals surface area contributed by atoms with Crippen molar-refractivity contribution in [3.8, 4) is 5.75 Å². The van der Waals surface area contributed by atoms with E-state index in [1.54, 1.807) is 6.20 Å². The molecule has 1 aliphatic heterocycles. The van der Waals surface area contributed by atoms with Crippen molar-refractivity contribution in [1.29, 1.82) is 0 Å². The Morgan fingerprint density at radius 2 is 1.82 bits per heavy atom. The molecule has 8 nitrogen and oxygen atoms in total. The van der Waals surface area contributed by atoms with Crippen molar-refractivity contribution in [3.63, 3.8) is 0 Å². The summed E-state index contributed by atoms with van der Waals surface area (Å²) in [7, 11) is 2.20. The summed E-state index contributed by atoms with van der Waals surface area (Å²) < 4.78 is 6.22. The normalized spacial score (nSPS) is 15.1. The average molecular weight is 450 g/mol. The first kappa shape index (κ1) is 23.0. The van der Waals surface area contributed by atoms with E-state index in [1.807, 2.05) is 19.9 Å². The van der Waals surface area contributed by atoms with Crippen LogP contribution in [0.15, 0.2) is 24.4 Å². The van der Waals surface area contributed by atoms with Gasteiger partial charge in [-0.2, -0.15) is 10.1 Å². The van der Waals surface area contributed by atoms with Gasteiger partial charge in [-0.15, -0.1) is 0 Å². The molecule has 0 aliphatic carbocycles. The summed E-state index contributed by atoms with van der Waals surface area (Å²) >= 11 is 0. The van der Waals surface area contributed by atoms with E-state index in [1.165, 1.54) is 24.0 Å². The Balaban J connectivity index is 1.61. The quantitative estimate of drug-likeness (QED) is 0.456. The molecule has 0 saturated carbocycles. The number of nitrogens with zero attached hydrogens (tertiary/aromatic N) is 4. The number of nitrogens with one attached hydrogen (secondary N) is 3. The van der Waals surface area contributed by atoms with Crippen molar-refractivity contribution in [2.75, 3.05) is 30.8 Å². The molecular formula is C25H35N7O. The van der Waals surface area contributed by atoms with Gasteiger partial charge in [-0.1, -0.05) is 0 Å². The highest BCUT2D eigenvalue weighted by Gasteiger charge is 2.22. The van der Waals surface area contributed by atoms with Crippen molar-refractivity contribution < 1.29 is 4.74 Å². The van der Waals surface area contributed by atoms with Gasteiger partial charge in [-0.3, -0.25) is 5.10 Å². The molecule has 0 radical (unpaired) electrons. The van der Waals surface area contributed by atoms with Crippen LogP contribution in [0.2, 0.25) is 0 Å². The lowest BCUT2D eigenvalue weighted by Crippen LogP contribution is -2.29. The molecule has 33 heavy (non-hydrogen) atoms. The maximum atomic E-state index is 6.22. The van der Waals surface area contributed by atoms with Gasteiger partial charge in [0.15, 0.2) is 5.82 Å². The van der Waals surface area contributed by atoms with Gasteiger partial charge in [0.1, 0.15) is 11.6 Å². The lowest BCUT2D eigenvalue weighted by atomic mass is 9.86. The van der Waals surface area contributed by atoms with Crippen LogP contribution in [0.1, 0.15) is 55.0 Å². The van der Waals surface area contributed by atoms with E-state index < -0.39 is 0 Å². The molecule has 1 aromatic carbocycles. The molecule has 176 valence electrons. The summed E-state index contributed by atoms with van der Waals surface area (Å²) in [6.45, 7) is 12.5. The molecule has 0 atom stereocenters. The topological polar surface area (TPSA) is 91.0 Å². The summed E-state index contributed by atoms with van der Waals surface area (Å²) in [4.78, 5) is 11.6. The zero-order chi connectivity index (χ0) is 23.5. The molecule has 1 saturated heterocycles. The first-order valence-electron chi connectivity index (χ1n) is 11.7. The molecule has 8 heteroatoms. The highest BCUT2D eigenvalue weighted by molar-refractivity contribution is 5.67. The van der Waals surface area contributed by atoms with E-state index in [4.69, 9.17) is 9.72 Å². The number of hydrogen-bond donors (Lipinski definition) is 3. The van der Waals surface area contributed by atoms with Crippen molar-refractivity contribution in [1.82, 2.24) is 25.1 Å². The number of H-pyrrole nitrogens is 1. The van der Waals surface area contributed by atoms with Gasteiger partial charge in [0, 0.05) is 23.5 Å². The molecular weight excluding hydrogens is 414 g/mol. The van der Waals surface area contributed by atoms with Crippen LogP contribution in [0.3, 0.4) is 0 Å². The summed E-state index contributed by atoms with van der Waals surface area (Å²) in [5, 5.41) is 13.8. The Morgan fingerprint density at radius 1 is 1.06 bits per heavy atom. The summed E-state index contributed by atoms with van der Waals surface area (Å²) in [6, 6.07) is 6.32. The number of likely N-dealkylation sites (tertiary alicyclic amines) is 1. The first-order valence-corrected chi connectivity index (χ1v) is 11.7. The third-order valence-corrected chi connectivity index (χ3v) is 6.06. The number of ether oxygens (including phenoxy) is 1. The van der Waals surface area contributed by atoms with E-state index >= 15 is 0 Å². The SMILES string of the molecule is Cc1cc(Nc2nc(Nc3cc(C)c(C4CCN(C)CC4)cc3OC(C)C)ncc2C)n[nH]1. The Hall–Kier alpha value is -3.13. The molecule has 0 unspecified atom stereocenters. The minimum Gasteiger partial charge on any atom is -0.489 e. The number of rotatable bonds is 7. The summed E-state index contributed by atoms with van der Waals surface area (Å²) in [6.07, 6.45) is 4.22. The van der Waals surface area contributed by atoms with Crippen molar-refractivity contribution in [3.05, 3.63) is 46.8 Å². The maximum Gasteiger partial charge on any atom is 0.229 e. The average Bonchev–Trinajstić information content (AvgIpc) is 3.17. The number of anilines is 4. The van der Waals surface area contributed by atoms with E-state index in [0.29, 0.717) is 17.7 Å². The lowest BCUT2D eigenvalue weighted by molar-refractivity contribution is 0.241. The minimum absolute atomic E-state index is 0.0673. The van der Waals surface area contributed by atoms with Crippen LogP contribution in [0.5, 0.6) is 5.75 Å². The number of aryl methyl sites for hydroxylation is 3. The fourth-order valence-corrected chi connectivity index (χ4v) is 4.26. The maximum absolute atomic E-state index is 6.22. The summed E-state index contributed by atoms with van der Waals surface area (Å²) in [5.41, 5.74) is 5.45. The number of hydrogen-bond acceptors (Lipinski definition) is 7. The second-order valence-electron chi connectivity index (χ2n) is 9.36. The van der Waals surface area contributed by atoms with Gasteiger partial charge in [0.2, 0.25) is 5.95 Å². The Kier molecular flexibility index (Phi) is 6.83. The monoisotopic (exact) mass is 449 g/mol. The minimum atomic E-state index is 0.0673. The van der Waals surface area contributed by atoms with Gasteiger partial charge in [0.05, 0.1) is 11.8 Å². The Morgan fingerprint density at radius 3 is 2.48 bits per heavy atom. The standard InChI is InChI=1S/C25H35N7O/c1-15(2)33-22-13-20(19-7-9-32(6)10-8-19)16(3)11-21(22)27-25-26-14-17(4)24(29-25)28-23-12-18(5)30-31-23/h11-15,19H,7-10H2,1-6H3,(H3,26,27,28,29,30,31). The second kappa shape index (κ2) is 9.79. The third kappa shape index (κ3) is 5.63. The van der Waals surface area contributed by atoms with Gasteiger partial charge < -0.3 is 20.3 Å². The van der Waals surface area contributed by atoms with Crippen LogP contribution < -0.4 is 15.4 Å². The van der Waals surface area contributed by atoms with Crippen molar-refractivity contribution >= 4 is 23.3 Å². The molecule has 3 N–H and O–H groups in total. The van der Waals surface area contributed by atoms with Crippen LogP contribution in [0.25, 0.3) is 0 Å².